The first-order valence-corrected chi connectivity index (χ1v) is 12.1. The molecule has 0 saturated carbocycles. The van der Waals surface area contributed by atoms with Gasteiger partial charge in [0.05, 0.1) is 52.1 Å². The summed E-state index contributed by atoms with van der Waals surface area (Å²) < 4.78 is 16.2. The van der Waals surface area contributed by atoms with Crippen molar-refractivity contribution >= 4 is 30.1 Å². The lowest BCUT2D eigenvalue weighted by Crippen LogP contribution is -2.34. The molecular weight excluding hydrogens is 468 g/mol. The highest BCUT2D eigenvalue weighted by molar-refractivity contribution is 5.93. The summed E-state index contributed by atoms with van der Waals surface area (Å²) in [4.78, 5) is 49.0. The average Bonchev–Trinajstić information content (AvgIpc) is 2.88. The minimum absolute atomic E-state index is 0.136. The zero-order chi connectivity index (χ0) is 26.6. The van der Waals surface area contributed by atoms with Gasteiger partial charge in [0.25, 0.3) is 0 Å². The summed E-state index contributed by atoms with van der Waals surface area (Å²) in [6.07, 6.45) is 2.18. The molecule has 1 aromatic rings. The number of carbonyl (C=O) groups excluding carboxylic acids is 4. The Hall–Kier alpha value is -2.70. The molecule has 2 amide bonds. The second kappa shape index (κ2) is 19.5. The number of benzene rings is 1. The molecule has 1 atom stereocenters. The van der Waals surface area contributed by atoms with Crippen LogP contribution in [0.3, 0.4) is 0 Å². The molecule has 202 valence electrons. The second-order valence-corrected chi connectivity index (χ2v) is 8.06. The largest absolute Gasteiger partial charge is 0.379 e. The van der Waals surface area contributed by atoms with Crippen molar-refractivity contribution in [2.75, 3.05) is 72.6 Å². The van der Waals surface area contributed by atoms with Crippen LogP contribution in [0.1, 0.15) is 35.2 Å². The molecule has 3 N–H and O–H groups in total. The third-order valence-electron chi connectivity index (χ3n) is 5.40. The summed E-state index contributed by atoms with van der Waals surface area (Å²) in [5.74, 6) is -0.410. The molecule has 0 saturated heterocycles. The number of nitrogens with zero attached hydrogens (tertiary/aromatic N) is 1. The molecule has 11 heteroatoms. The number of likely N-dealkylation sites (N-methyl/N-ethyl adjacent to an activating group) is 2. The highest BCUT2D eigenvalue weighted by atomic mass is 16.5. The smallest absolute Gasteiger partial charge is 0.226 e. The molecule has 0 radical (unpaired) electrons. The maximum absolute atomic E-state index is 12.5. The van der Waals surface area contributed by atoms with Gasteiger partial charge in [-0.15, -0.1) is 0 Å². The first kappa shape index (κ1) is 31.3. The minimum Gasteiger partial charge on any atom is -0.379 e. The number of nitrogens with one attached hydrogen (secondary N) is 3. The maximum atomic E-state index is 12.5. The van der Waals surface area contributed by atoms with E-state index < -0.39 is 6.04 Å². The maximum Gasteiger partial charge on any atom is 0.226 e. The Labute approximate surface area is 213 Å². The SMILES string of the molecule is CNCCOCCOCCOCCC(=O)Nc1cccc(C=O)c1CN(C)C(C=O)CCC(=O)NC. The highest BCUT2D eigenvalue weighted by Gasteiger charge is 2.19. The molecule has 0 spiro atoms. The molecule has 0 aromatic heterocycles. The van der Waals surface area contributed by atoms with Crippen molar-refractivity contribution in [3.05, 3.63) is 29.3 Å². The van der Waals surface area contributed by atoms with E-state index >= 15 is 0 Å². The van der Waals surface area contributed by atoms with Crippen molar-refractivity contribution in [3.8, 4) is 0 Å². The van der Waals surface area contributed by atoms with Gasteiger partial charge in [0.15, 0.2) is 0 Å². The average molecular weight is 509 g/mol. The van der Waals surface area contributed by atoms with E-state index in [0.29, 0.717) is 62.6 Å². The van der Waals surface area contributed by atoms with Crippen molar-refractivity contribution in [2.45, 2.75) is 31.8 Å². The Kier molecular flexibility index (Phi) is 17.0. The van der Waals surface area contributed by atoms with Gasteiger partial charge < -0.3 is 35.0 Å². The van der Waals surface area contributed by atoms with Crippen molar-refractivity contribution in [1.29, 1.82) is 0 Å². The van der Waals surface area contributed by atoms with Crippen LogP contribution in [0, 0.1) is 0 Å². The normalized spacial score (nSPS) is 11.8. The van der Waals surface area contributed by atoms with Gasteiger partial charge in [-0.1, -0.05) is 12.1 Å². The van der Waals surface area contributed by atoms with Gasteiger partial charge >= 0.3 is 0 Å². The molecule has 0 bridgehead atoms. The fourth-order valence-corrected chi connectivity index (χ4v) is 3.27. The summed E-state index contributed by atoms with van der Waals surface area (Å²) >= 11 is 0. The van der Waals surface area contributed by atoms with E-state index in [4.69, 9.17) is 14.2 Å². The van der Waals surface area contributed by atoms with E-state index in [1.54, 1.807) is 37.2 Å². The Morgan fingerprint density at radius 2 is 1.61 bits per heavy atom. The van der Waals surface area contributed by atoms with Gasteiger partial charge in [-0.05, 0) is 26.6 Å². The standard InChI is InChI=1S/C25H40N4O7/c1-26-10-12-35-14-16-36-15-13-34-11-9-25(33)28-23-6-4-5-20(18-30)22(23)17-29(3)21(19-31)7-8-24(32)27-2/h4-6,18-19,21,26H,7-17H2,1-3H3,(H,27,32)(H,28,33). The molecule has 0 heterocycles. The van der Waals surface area contributed by atoms with Crippen LogP contribution >= 0.6 is 0 Å². The minimum atomic E-state index is -0.513. The van der Waals surface area contributed by atoms with E-state index in [1.165, 1.54) is 0 Å². The van der Waals surface area contributed by atoms with Gasteiger partial charge in [-0.2, -0.15) is 0 Å². The number of hydrogen-bond acceptors (Lipinski definition) is 9. The number of aldehydes is 2. The van der Waals surface area contributed by atoms with Crippen LogP contribution in [-0.4, -0.2) is 103 Å². The van der Waals surface area contributed by atoms with Crippen LogP contribution in [0.5, 0.6) is 0 Å². The quantitative estimate of drug-likeness (QED) is 0.161. The molecule has 0 aliphatic heterocycles. The Morgan fingerprint density at radius 1 is 0.944 bits per heavy atom. The van der Waals surface area contributed by atoms with Gasteiger partial charge in [0.2, 0.25) is 11.8 Å². The summed E-state index contributed by atoms with van der Waals surface area (Å²) in [7, 11) is 5.14. The predicted molar refractivity (Wildman–Crippen MR) is 136 cm³/mol. The van der Waals surface area contributed by atoms with E-state index in [1.807, 2.05) is 7.05 Å². The number of carbonyl (C=O) groups is 4. The van der Waals surface area contributed by atoms with Crippen LogP contribution in [-0.2, 0) is 35.1 Å². The summed E-state index contributed by atoms with van der Waals surface area (Å²) in [5.41, 5.74) is 1.51. The fraction of sp³-hybridized carbons (Fsp3) is 0.600. The molecule has 0 aliphatic rings. The van der Waals surface area contributed by atoms with Crippen LogP contribution in [0.15, 0.2) is 18.2 Å². The van der Waals surface area contributed by atoms with Gasteiger partial charge in [-0.3, -0.25) is 19.3 Å². The van der Waals surface area contributed by atoms with Gasteiger partial charge in [-0.25, -0.2) is 0 Å². The number of ether oxygens (including phenoxy) is 3. The monoisotopic (exact) mass is 508 g/mol. The molecular formula is C25H40N4O7. The van der Waals surface area contributed by atoms with Crippen molar-refractivity contribution in [2.24, 2.45) is 0 Å². The second-order valence-electron chi connectivity index (χ2n) is 8.06. The lowest BCUT2D eigenvalue weighted by molar-refractivity contribution is -0.121. The topological polar surface area (TPSA) is 135 Å². The molecule has 1 rings (SSSR count). The molecule has 1 unspecified atom stereocenters. The predicted octanol–water partition coefficient (Wildman–Crippen LogP) is 0.622. The van der Waals surface area contributed by atoms with Crippen LogP contribution < -0.4 is 16.0 Å². The summed E-state index contributed by atoms with van der Waals surface area (Å²) in [6, 6.07) is 4.53. The molecule has 0 fully saturated rings. The number of rotatable bonds is 21. The third-order valence-corrected chi connectivity index (χ3v) is 5.40. The first-order chi connectivity index (χ1) is 17.5. The molecule has 11 nitrogen and oxygen atoms in total. The molecule has 1 aromatic carbocycles. The fourth-order valence-electron chi connectivity index (χ4n) is 3.27. The third kappa shape index (κ3) is 12.8. The van der Waals surface area contributed by atoms with Gasteiger partial charge in [0, 0.05) is 43.4 Å². The number of hydrogen-bond donors (Lipinski definition) is 3. The van der Waals surface area contributed by atoms with Crippen molar-refractivity contribution < 1.29 is 33.4 Å². The van der Waals surface area contributed by atoms with E-state index in [9.17, 15) is 19.2 Å². The molecule has 0 aliphatic carbocycles. The Bertz CT molecular complexity index is 807. The van der Waals surface area contributed by atoms with E-state index in [2.05, 4.69) is 16.0 Å². The van der Waals surface area contributed by atoms with Crippen molar-refractivity contribution in [1.82, 2.24) is 15.5 Å². The first-order valence-electron chi connectivity index (χ1n) is 12.1. The summed E-state index contributed by atoms with van der Waals surface area (Å²) in [5, 5.41) is 8.35. The highest BCUT2D eigenvalue weighted by Crippen LogP contribution is 2.22. The number of amides is 2. The lowest BCUT2D eigenvalue weighted by Gasteiger charge is -2.25. The lowest BCUT2D eigenvalue weighted by atomic mass is 10.0. The van der Waals surface area contributed by atoms with Crippen LogP contribution in [0.2, 0.25) is 0 Å². The zero-order valence-corrected chi connectivity index (χ0v) is 21.5. The zero-order valence-electron chi connectivity index (χ0n) is 21.5. The van der Waals surface area contributed by atoms with E-state index in [0.717, 1.165) is 12.8 Å². The van der Waals surface area contributed by atoms with Crippen LogP contribution in [0.4, 0.5) is 5.69 Å². The van der Waals surface area contributed by atoms with E-state index in [-0.39, 0.29) is 37.8 Å². The number of anilines is 1. The molecule has 36 heavy (non-hydrogen) atoms. The Morgan fingerprint density at radius 3 is 2.22 bits per heavy atom. The summed E-state index contributed by atoms with van der Waals surface area (Å²) in [6.45, 7) is 3.67. The van der Waals surface area contributed by atoms with Crippen molar-refractivity contribution in [3.63, 3.8) is 0 Å². The van der Waals surface area contributed by atoms with Gasteiger partial charge in [0.1, 0.15) is 12.6 Å². The van der Waals surface area contributed by atoms with Crippen LogP contribution in [0.25, 0.3) is 0 Å². The Balaban J connectivity index is 2.51.